The molecule has 0 unspecified atom stereocenters. The predicted molar refractivity (Wildman–Crippen MR) is 63.8 cm³/mol. The Morgan fingerprint density at radius 2 is 2.30 bits per heavy atom. The summed E-state index contributed by atoms with van der Waals surface area (Å²) in [6.45, 7) is -0.458. The van der Waals surface area contributed by atoms with Crippen molar-refractivity contribution in [3.05, 3.63) is 32.6 Å². The molecule has 1 aliphatic heterocycles. The zero-order valence-electron chi connectivity index (χ0n) is 10.5. The first-order valence-corrected chi connectivity index (χ1v) is 5.76. The van der Waals surface area contributed by atoms with Crippen molar-refractivity contribution in [2.24, 2.45) is 0 Å². The highest BCUT2D eigenvalue weighted by atomic mass is 16.6. The zero-order chi connectivity index (χ0) is 14.9. The van der Waals surface area contributed by atoms with E-state index < -0.39 is 42.4 Å². The molecule has 1 saturated heterocycles. The number of nitrogens with one attached hydrogen (secondary N) is 1. The molecule has 0 aromatic carbocycles. The van der Waals surface area contributed by atoms with E-state index in [9.17, 15) is 14.7 Å². The molecular formula is C11H13N3O6. The molecule has 20 heavy (non-hydrogen) atoms. The molecule has 0 radical (unpaired) electrons. The molecule has 0 spiro atoms. The second-order valence-corrected chi connectivity index (χ2v) is 4.26. The van der Waals surface area contributed by atoms with Gasteiger partial charge in [0.25, 0.3) is 5.56 Å². The van der Waals surface area contributed by atoms with E-state index in [1.54, 1.807) is 6.07 Å². The van der Waals surface area contributed by atoms with Gasteiger partial charge in [0.15, 0.2) is 6.23 Å². The van der Waals surface area contributed by atoms with Crippen LogP contribution in [0.4, 0.5) is 0 Å². The second-order valence-electron chi connectivity index (χ2n) is 4.26. The van der Waals surface area contributed by atoms with Gasteiger partial charge in [-0.25, -0.2) is 4.79 Å². The van der Waals surface area contributed by atoms with Gasteiger partial charge in [-0.2, -0.15) is 5.26 Å². The minimum absolute atomic E-state index is 0.273. The van der Waals surface area contributed by atoms with E-state index in [1.807, 2.05) is 4.98 Å². The van der Waals surface area contributed by atoms with Gasteiger partial charge in [0.05, 0.1) is 6.61 Å². The van der Waals surface area contributed by atoms with Crippen LogP contribution >= 0.6 is 0 Å². The predicted octanol–water partition coefficient (Wildman–Crippen LogP) is -2.33. The topological polar surface area (TPSA) is 138 Å². The second kappa shape index (κ2) is 5.56. The van der Waals surface area contributed by atoms with Crippen molar-refractivity contribution in [3.8, 4) is 6.07 Å². The van der Waals surface area contributed by atoms with E-state index in [0.29, 0.717) is 0 Å². The lowest BCUT2D eigenvalue weighted by atomic mass is 10.1. The van der Waals surface area contributed by atoms with Crippen molar-refractivity contribution in [1.29, 1.82) is 5.26 Å². The summed E-state index contributed by atoms with van der Waals surface area (Å²) in [5, 5.41) is 27.8. The molecule has 2 rings (SSSR count). The molecule has 1 aromatic heterocycles. The molecule has 0 saturated carbocycles. The summed E-state index contributed by atoms with van der Waals surface area (Å²) in [5.41, 5.74) is -1.88. The first-order chi connectivity index (χ1) is 9.53. The Morgan fingerprint density at radius 3 is 2.85 bits per heavy atom. The van der Waals surface area contributed by atoms with Gasteiger partial charge < -0.3 is 19.7 Å². The summed E-state index contributed by atoms with van der Waals surface area (Å²) in [4.78, 5) is 25.1. The molecule has 108 valence electrons. The number of H-pyrrole nitrogens is 1. The van der Waals surface area contributed by atoms with Crippen LogP contribution < -0.4 is 11.2 Å². The lowest BCUT2D eigenvalue weighted by Gasteiger charge is -2.20. The van der Waals surface area contributed by atoms with Crippen LogP contribution in [0.25, 0.3) is 0 Å². The summed E-state index contributed by atoms with van der Waals surface area (Å²) < 4.78 is 11.4. The van der Waals surface area contributed by atoms with Crippen molar-refractivity contribution in [1.82, 2.24) is 9.55 Å². The molecule has 1 aromatic rings. The Balaban J connectivity index is 2.49. The lowest BCUT2D eigenvalue weighted by Crippen LogP contribution is -2.39. The average Bonchev–Trinajstić information content (AvgIpc) is 2.75. The summed E-state index contributed by atoms with van der Waals surface area (Å²) in [6, 6.07) is 1.64. The number of nitrogens with zero attached hydrogens (tertiary/aromatic N) is 2. The summed E-state index contributed by atoms with van der Waals surface area (Å²) >= 11 is 0. The summed E-state index contributed by atoms with van der Waals surface area (Å²) in [7, 11) is 1.31. The fourth-order valence-electron chi connectivity index (χ4n) is 2.10. The lowest BCUT2D eigenvalue weighted by molar-refractivity contribution is -0.0625. The van der Waals surface area contributed by atoms with Crippen LogP contribution in [0.3, 0.4) is 0 Å². The molecule has 1 fully saturated rings. The monoisotopic (exact) mass is 283 g/mol. The fourth-order valence-corrected chi connectivity index (χ4v) is 2.10. The van der Waals surface area contributed by atoms with Crippen molar-refractivity contribution in [3.63, 3.8) is 0 Å². The van der Waals surface area contributed by atoms with E-state index >= 15 is 0 Å². The fraction of sp³-hybridized carbons (Fsp3) is 0.545. The minimum Gasteiger partial charge on any atom is -0.394 e. The highest BCUT2D eigenvalue weighted by Crippen LogP contribution is 2.30. The highest BCUT2D eigenvalue weighted by molar-refractivity contribution is 5.22. The van der Waals surface area contributed by atoms with Gasteiger partial charge in [0.2, 0.25) is 0 Å². The quantitative estimate of drug-likeness (QED) is 0.565. The normalized spacial score (nSPS) is 29.3. The van der Waals surface area contributed by atoms with E-state index in [0.717, 1.165) is 10.8 Å². The van der Waals surface area contributed by atoms with Crippen LogP contribution in [0.2, 0.25) is 0 Å². The highest BCUT2D eigenvalue weighted by Gasteiger charge is 2.45. The number of aromatic amines is 1. The van der Waals surface area contributed by atoms with Crippen LogP contribution in [0.15, 0.2) is 15.8 Å². The zero-order valence-corrected chi connectivity index (χ0v) is 10.5. The molecule has 0 amide bonds. The third kappa shape index (κ3) is 2.25. The van der Waals surface area contributed by atoms with E-state index in [2.05, 4.69) is 0 Å². The third-order valence-corrected chi connectivity index (χ3v) is 3.13. The third-order valence-electron chi connectivity index (χ3n) is 3.13. The maximum atomic E-state index is 11.8. The number of aliphatic hydroxyl groups is 2. The molecule has 2 heterocycles. The van der Waals surface area contributed by atoms with Gasteiger partial charge in [-0.05, 0) is 0 Å². The van der Waals surface area contributed by atoms with Crippen LogP contribution in [0.5, 0.6) is 0 Å². The standard InChI is InChI=1S/C11H13N3O6/c1-19-8-7(16)6(4-15)20-10(8)14-3-5(2-12)9(17)13-11(14)18/h3,6-8,10,15-16H,4H2,1H3,(H,13,17,18)/t6-,7-,8-,10-/m1/s1. The number of ether oxygens (including phenoxy) is 2. The van der Waals surface area contributed by atoms with Gasteiger partial charge in [0.1, 0.15) is 29.9 Å². The number of hydrogen-bond acceptors (Lipinski definition) is 7. The van der Waals surface area contributed by atoms with Crippen molar-refractivity contribution < 1.29 is 19.7 Å². The SMILES string of the molecule is CO[C@@H]1[C@H](O)[C@@H](CO)O[C@H]1n1cc(C#N)c(=O)[nH]c1=O. The molecular weight excluding hydrogens is 270 g/mol. The summed E-state index contributed by atoms with van der Waals surface area (Å²) in [6.07, 6.45) is -3.00. The molecule has 9 heteroatoms. The van der Waals surface area contributed by atoms with E-state index in [4.69, 9.17) is 19.8 Å². The van der Waals surface area contributed by atoms with Crippen LogP contribution in [0, 0.1) is 11.3 Å². The average molecular weight is 283 g/mol. The van der Waals surface area contributed by atoms with Gasteiger partial charge in [-0.1, -0.05) is 0 Å². The van der Waals surface area contributed by atoms with Crippen LogP contribution in [-0.2, 0) is 9.47 Å². The molecule has 9 nitrogen and oxygen atoms in total. The Bertz CT molecular complexity index is 645. The van der Waals surface area contributed by atoms with Crippen molar-refractivity contribution >= 4 is 0 Å². The largest absolute Gasteiger partial charge is 0.394 e. The molecule has 0 aliphatic carbocycles. The van der Waals surface area contributed by atoms with Gasteiger partial charge in [-0.15, -0.1) is 0 Å². The van der Waals surface area contributed by atoms with Crippen molar-refractivity contribution in [2.75, 3.05) is 13.7 Å². The first-order valence-electron chi connectivity index (χ1n) is 5.76. The number of nitriles is 1. The molecule has 3 N–H and O–H groups in total. The van der Waals surface area contributed by atoms with Crippen LogP contribution in [0.1, 0.15) is 11.8 Å². The summed E-state index contributed by atoms with van der Waals surface area (Å²) in [5.74, 6) is 0. The van der Waals surface area contributed by atoms with E-state index in [1.165, 1.54) is 7.11 Å². The van der Waals surface area contributed by atoms with Crippen molar-refractivity contribution in [2.45, 2.75) is 24.5 Å². The van der Waals surface area contributed by atoms with Gasteiger partial charge in [0, 0.05) is 13.3 Å². The number of hydrogen-bond donors (Lipinski definition) is 3. The first kappa shape index (κ1) is 14.4. The smallest absolute Gasteiger partial charge is 0.330 e. The molecule has 4 atom stereocenters. The molecule has 0 bridgehead atoms. The Labute approximate surface area is 112 Å². The molecule has 1 aliphatic rings. The van der Waals surface area contributed by atoms with E-state index in [-0.39, 0.29) is 5.56 Å². The van der Waals surface area contributed by atoms with Gasteiger partial charge >= 0.3 is 5.69 Å². The number of methoxy groups -OCH3 is 1. The maximum absolute atomic E-state index is 11.8. The number of rotatable bonds is 3. The Kier molecular flexibility index (Phi) is 4.01. The van der Waals surface area contributed by atoms with Gasteiger partial charge in [-0.3, -0.25) is 14.3 Å². The van der Waals surface area contributed by atoms with Crippen LogP contribution in [-0.4, -0.2) is 51.8 Å². The number of aromatic nitrogens is 2. The Morgan fingerprint density at radius 1 is 1.60 bits per heavy atom. The minimum atomic E-state index is -1.14. The Hall–Kier alpha value is -1.99. The maximum Gasteiger partial charge on any atom is 0.330 e. The number of aliphatic hydroxyl groups excluding tert-OH is 2.